The predicted molar refractivity (Wildman–Crippen MR) is 41.6 cm³/mol. The number of carboxylic acids is 1. The number of halogens is 1. The van der Waals surface area contributed by atoms with Gasteiger partial charge in [0.1, 0.15) is 5.82 Å². The molecule has 4 nitrogen and oxygen atoms in total. The topological polar surface area (TPSA) is 59.4 Å². The zero-order valence-corrected chi connectivity index (χ0v) is 6.90. The molecule has 0 fully saturated rings. The van der Waals surface area contributed by atoms with Crippen LogP contribution in [0.15, 0.2) is 18.5 Å². The molecule has 5 heteroatoms. The molecule has 1 aromatic rings. The van der Waals surface area contributed by atoms with Gasteiger partial charge in [-0.2, -0.15) is 0 Å². The molecule has 1 rings (SSSR count). The minimum atomic E-state index is -1.28. The Kier molecular flexibility index (Phi) is 2.92. The van der Waals surface area contributed by atoms with Crippen LogP contribution in [0, 0.1) is 5.82 Å². The van der Waals surface area contributed by atoms with Crippen LogP contribution in [0.5, 0.6) is 0 Å². The number of pyridine rings is 1. The first-order valence-electron chi connectivity index (χ1n) is 3.52. The Bertz CT molecular complexity index is 316. The summed E-state index contributed by atoms with van der Waals surface area (Å²) in [6, 6.07) is 1.28. The SMILES string of the molecule is CO[C@H](C(=O)O)c1ccncc1F. The van der Waals surface area contributed by atoms with Crippen molar-refractivity contribution in [1.29, 1.82) is 0 Å². The van der Waals surface area contributed by atoms with E-state index in [2.05, 4.69) is 9.72 Å². The van der Waals surface area contributed by atoms with Crippen LogP contribution in [0.2, 0.25) is 0 Å². The van der Waals surface area contributed by atoms with Crippen molar-refractivity contribution >= 4 is 5.97 Å². The van der Waals surface area contributed by atoms with Crippen molar-refractivity contribution in [3.8, 4) is 0 Å². The lowest BCUT2D eigenvalue weighted by Gasteiger charge is -2.10. The van der Waals surface area contributed by atoms with Gasteiger partial charge in [-0.1, -0.05) is 0 Å². The summed E-state index contributed by atoms with van der Waals surface area (Å²) in [6.07, 6.45) is 0.987. The third-order valence-corrected chi connectivity index (χ3v) is 1.55. The molecule has 1 N–H and O–H groups in total. The number of nitrogens with zero attached hydrogens (tertiary/aromatic N) is 1. The molecule has 0 aliphatic carbocycles. The Morgan fingerprint density at radius 2 is 2.46 bits per heavy atom. The molecule has 1 heterocycles. The second kappa shape index (κ2) is 3.95. The number of aromatic nitrogens is 1. The first kappa shape index (κ1) is 9.60. The van der Waals surface area contributed by atoms with E-state index >= 15 is 0 Å². The Hall–Kier alpha value is -1.49. The van der Waals surface area contributed by atoms with E-state index in [9.17, 15) is 9.18 Å². The van der Waals surface area contributed by atoms with Crippen molar-refractivity contribution in [1.82, 2.24) is 4.98 Å². The van der Waals surface area contributed by atoms with Crippen molar-refractivity contribution in [2.45, 2.75) is 6.10 Å². The van der Waals surface area contributed by atoms with E-state index in [-0.39, 0.29) is 5.56 Å². The van der Waals surface area contributed by atoms with Gasteiger partial charge in [-0.15, -0.1) is 0 Å². The van der Waals surface area contributed by atoms with Crippen LogP contribution in [-0.2, 0) is 9.53 Å². The number of methoxy groups -OCH3 is 1. The fourth-order valence-corrected chi connectivity index (χ4v) is 0.959. The molecule has 0 aliphatic heterocycles. The Balaban J connectivity index is 3.04. The summed E-state index contributed by atoms with van der Waals surface area (Å²) in [4.78, 5) is 14.1. The zero-order chi connectivity index (χ0) is 9.84. The number of aliphatic carboxylic acids is 1. The molecule has 0 saturated carbocycles. The molecule has 0 radical (unpaired) electrons. The number of hydrogen-bond donors (Lipinski definition) is 1. The lowest BCUT2D eigenvalue weighted by Crippen LogP contribution is -2.15. The Morgan fingerprint density at radius 1 is 1.77 bits per heavy atom. The second-order valence-corrected chi connectivity index (χ2v) is 2.35. The van der Waals surface area contributed by atoms with Crippen LogP contribution in [-0.4, -0.2) is 23.2 Å². The highest BCUT2D eigenvalue weighted by atomic mass is 19.1. The van der Waals surface area contributed by atoms with Crippen molar-refractivity contribution in [3.63, 3.8) is 0 Å². The summed E-state index contributed by atoms with van der Waals surface area (Å²) in [5.41, 5.74) is -0.0231. The summed E-state index contributed by atoms with van der Waals surface area (Å²) < 4.78 is 17.6. The highest BCUT2D eigenvalue weighted by Gasteiger charge is 2.22. The van der Waals surface area contributed by atoms with Gasteiger partial charge >= 0.3 is 5.97 Å². The van der Waals surface area contributed by atoms with E-state index in [0.717, 1.165) is 6.20 Å². The number of rotatable bonds is 3. The van der Waals surface area contributed by atoms with Crippen molar-refractivity contribution in [3.05, 3.63) is 29.8 Å². The van der Waals surface area contributed by atoms with Gasteiger partial charge in [0.05, 0.1) is 6.20 Å². The van der Waals surface area contributed by atoms with Crippen LogP contribution in [0.25, 0.3) is 0 Å². The van der Waals surface area contributed by atoms with E-state index in [0.29, 0.717) is 0 Å². The Morgan fingerprint density at radius 3 is 2.92 bits per heavy atom. The summed E-state index contributed by atoms with van der Waals surface area (Å²) in [5.74, 6) is -1.91. The lowest BCUT2D eigenvalue weighted by molar-refractivity contribution is -0.149. The van der Waals surface area contributed by atoms with Gasteiger partial charge in [0.25, 0.3) is 0 Å². The summed E-state index contributed by atoms with van der Waals surface area (Å²) in [5, 5.41) is 8.64. The van der Waals surface area contributed by atoms with Crippen LogP contribution in [0.1, 0.15) is 11.7 Å². The number of carboxylic acid groups (broad SMARTS) is 1. The third kappa shape index (κ3) is 2.00. The van der Waals surface area contributed by atoms with Crippen molar-refractivity contribution in [2.24, 2.45) is 0 Å². The maximum atomic E-state index is 13.0. The van der Waals surface area contributed by atoms with Gasteiger partial charge in [0.15, 0.2) is 6.10 Å². The highest BCUT2D eigenvalue weighted by molar-refractivity contribution is 5.74. The van der Waals surface area contributed by atoms with Gasteiger partial charge in [-0.05, 0) is 6.07 Å². The van der Waals surface area contributed by atoms with Crippen LogP contribution in [0.4, 0.5) is 4.39 Å². The first-order chi connectivity index (χ1) is 6.16. The minimum absolute atomic E-state index is 0.0231. The summed E-state index contributed by atoms with van der Waals surface area (Å²) >= 11 is 0. The van der Waals surface area contributed by atoms with Gasteiger partial charge in [-0.25, -0.2) is 9.18 Å². The van der Waals surface area contributed by atoms with E-state index in [1.165, 1.54) is 19.4 Å². The molecule has 0 amide bonds. The maximum absolute atomic E-state index is 13.0. The smallest absolute Gasteiger partial charge is 0.337 e. The van der Waals surface area contributed by atoms with Crippen LogP contribution in [0.3, 0.4) is 0 Å². The van der Waals surface area contributed by atoms with E-state index in [1.54, 1.807) is 0 Å². The molecule has 0 bridgehead atoms. The van der Waals surface area contributed by atoms with Crippen LogP contribution >= 0.6 is 0 Å². The lowest BCUT2D eigenvalue weighted by atomic mass is 10.1. The quantitative estimate of drug-likeness (QED) is 0.762. The summed E-state index contributed by atoms with van der Waals surface area (Å²) in [7, 11) is 1.21. The van der Waals surface area contributed by atoms with E-state index in [4.69, 9.17) is 5.11 Å². The van der Waals surface area contributed by atoms with Crippen LogP contribution < -0.4 is 0 Å². The highest BCUT2D eigenvalue weighted by Crippen LogP contribution is 2.18. The average Bonchev–Trinajstić information content (AvgIpc) is 2.09. The first-order valence-corrected chi connectivity index (χ1v) is 3.52. The normalized spacial score (nSPS) is 12.5. The average molecular weight is 185 g/mol. The van der Waals surface area contributed by atoms with E-state index < -0.39 is 17.9 Å². The van der Waals surface area contributed by atoms with Gasteiger partial charge in [0.2, 0.25) is 0 Å². The number of ether oxygens (including phenoxy) is 1. The van der Waals surface area contributed by atoms with Gasteiger partial charge in [0, 0.05) is 18.9 Å². The monoisotopic (exact) mass is 185 g/mol. The van der Waals surface area contributed by atoms with E-state index in [1.807, 2.05) is 0 Å². The molecule has 1 atom stereocenters. The molecular weight excluding hydrogens is 177 g/mol. The molecule has 0 aromatic carbocycles. The molecule has 0 unspecified atom stereocenters. The van der Waals surface area contributed by atoms with Gasteiger partial charge in [-0.3, -0.25) is 4.98 Å². The second-order valence-electron chi connectivity index (χ2n) is 2.35. The summed E-state index contributed by atoms with van der Waals surface area (Å²) in [6.45, 7) is 0. The molecule has 0 aliphatic rings. The standard InChI is InChI=1S/C8H8FNO3/c1-13-7(8(11)12)5-2-3-10-4-6(5)9/h2-4,7H,1H3,(H,11,12)/t7-/m0/s1. The molecule has 13 heavy (non-hydrogen) atoms. The molecule has 1 aromatic heterocycles. The largest absolute Gasteiger partial charge is 0.479 e. The third-order valence-electron chi connectivity index (χ3n) is 1.55. The van der Waals surface area contributed by atoms with Crippen molar-refractivity contribution in [2.75, 3.05) is 7.11 Å². The molecule has 0 spiro atoms. The predicted octanol–water partition coefficient (Wildman–Crippen LogP) is 0.993. The molecule has 0 saturated heterocycles. The molecule has 70 valence electrons. The minimum Gasteiger partial charge on any atom is -0.479 e. The maximum Gasteiger partial charge on any atom is 0.337 e. The van der Waals surface area contributed by atoms with Gasteiger partial charge < -0.3 is 9.84 Å². The fourth-order valence-electron chi connectivity index (χ4n) is 0.959. The number of hydrogen-bond acceptors (Lipinski definition) is 3. The Labute approximate surface area is 74.0 Å². The fraction of sp³-hybridized carbons (Fsp3) is 0.250. The molecular formula is C8H8FNO3. The number of carbonyl (C=O) groups is 1. The van der Waals surface area contributed by atoms with Crippen molar-refractivity contribution < 1.29 is 19.0 Å². The zero-order valence-electron chi connectivity index (χ0n) is 6.90.